The molecule has 0 radical (unpaired) electrons. The molecule has 11 aromatic heterocycles. The number of halogens is 3. The van der Waals surface area contributed by atoms with Crippen molar-refractivity contribution < 1.29 is 22.7 Å². The van der Waals surface area contributed by atoms with Crippen LogP contribution in [0, 0.1) is 65.9 Å². The summed E-state index contributed by atoms with van der Waals surface area (Å²) in [6.07, 6.45) is 19.6. The van der Waals surface area contributed by atoms with Crippen LogP contribution in [-0.2, 0) is 11.2 Å². The normalized spacial score (nSPS) is 11.3. The van der Waals surface area contributed by atoms with Crippen LogP contribution < -0.4 is 5.73 Å². The Morgan fingerprint density at radius 3 is 1.20 bits per heavy atom. The van der Waals surface area contributed by atoms with Crippen LogP contribution in [-0.4, -0.2) is 98.8 Å². The molecule has 0 unspecified atom stereocenters. The number of carbonyl (C=O) groups excluding carboxylic acids is 1. The van der Waals surface area contributed by atoms with Gasteiger partial charge in [-0.3, -0.25) is 35.1 Å². The molecule has 0 aliphatic rings. The summed E-state index contributed by atoms with van der Waals surface area (Å²) in [5, 5.41) is 22.7. The number of carbonyl (C=O) groups is 1. The predicted molar refractivity (Wildman–Crippen MR) is 528 cm³/mol. The molecule has 0 saturated carbocycles. The monoisotopic (exact) mass is 1760 g/mol. The second kappa shape index (κ2) is 39.1. The van der Waals surface area contributed by atoms with Gasteiger partial charge >= 0.3 is 6.09 Å². The van der Waals surface area contributed by atoms with E-state index >= 15 is 0 Å². The molecule has 19 nitrogen and oxygen atoms in total. The van der Waals surface area contributed by atoms with Crippen molar-refractivity contribution in [3.63, 3.8) is 0 Å². The van der Waals surface area contributed by atoms with Gasteiger partial charge in [0.2, 0.25) is 0 Å². The van der Waals surface area contributed by atoms with Crippen molar-refractivity contribution in [3.05, 3.63) is 397 Å². The maximum Gasteiger partial charge on any atom is 0.435 e. The second-order valence-electron chi connectivity index (χ2n) is 32.4. The van der Waals surface area contributed by atoms with Gasteiger partial charge in [0.05, 0.1) is 98.3 Å². The van der Waals surface area contributed by atoms with Crippen LogP contribution in [0.15, 0.2) is 335 Å². The summed E-state index contributed by atoms with van der Waals surface area (Å²) in [6, 6.07) is 86.3. The summed E-state index contributed by atoms with van der Waals surface area (Å²) >= 11 is 0. The fourth-order valence-corrected chi connectivity index (χ4v) is 16.5. The third-order valence-electron chi connectivity index (χ3n) is 23.1. The van der Waals surface area contributed by atoms with Crippen molar-refractivity contribution in [2.24, 2.45) is 5.73 Å². The van der Waals surface area contributed by atoms with E-state index in [0.29, 0.717) is 28.6 Å². The van der Waals surface area contributed by atoms with Gasteiger partial charge in [-0.15, -0.1) is 0 Å². The number of hydrogen-bond acceptors (Lipinski definition) is 13. The van der Waals surface area contributed by atoms with Gasteiger partial charge in [0.25, 0.3) is 0 Å². The summed E-state index contributed by atoms with van der Waals surface area (Å²) < 4.78 is 47.7. The summed E-state index contributed by atoms with van der Waals surface area (Å²) in [5.41, 5.74) is 41.6. The zero-order valence-electron chi connectivity index (χ0n) is 73.2. The van der Waals surface area contributed by atoms with Crippen LogP contribution in [0.25, 0.3) is 178 Å². The van der Waals surface area contributed by atoms with Gasteiger partial charge in [0, 0.05) is 126 Å². The third-order valence-corrected chi connectivity index (χ3v) is 23.1. The van der Waals surface area contributed by atoms with E-state index in [1.165, 1.54) is 45.1 Å². The number of aromatic amines is 5. The molecule has 0 aliphatic heterocycles. The van der Waals surface area contributed by atoms with Gasteiger partial charge in [0.15, 0.2) is 0 Å². The molecule has 0 saturated heterocycles. The predicted octanol–water partition coefficient (Wildman–Crippen LogP) is 25.7. The van der Waals surface area contributed by atoms with E-state index in [1.54, 1.807) is 82.5 Å². The zero-order chi connectivity index (χ0) is 90.2. The first kappa shape index (κ1) is 87.7. The van der Waals surface area contributed by atoms with Crippen LogP contribution in [0.4, 0.5) is 18.0 Å². The van der Waals surface area contributed by atoms with E-state index in [9.17, 15) is 18.0 Å². The lowest BCUT2D eigenvalue weighted by Gasteiger charge is -2.12. The lowest BCUT2D eigenvalue weighted by atomic mass is 9.96. The Morgan fingerprint density at radius 2 is 0.765 bits per heavy atom. The summed E-state index contributed by atoms with van der Waals surface area (Å²) in [6.45, 7) is 13.7. The second-order valence-corrected chi connectivity index (χ2v) is 32.4. The smallest absolute Gasteiger partial charge is 0.435 e. The summed E-state index contributed by atoms with van der Waals surface area (Å²) in [7, 11) is 0. The van der Waals surface area contributed by atoms with Crippen molar-refractivity contribution >= 4 is 85.3 Å². The molecule has 22 aromatic rings. The maximum absolute atomic E-state index is 13.8. The fourth-order valence-electron chi connectivity index (χ4n) is 16.5. The highest BCUT2D eigenvalue weighted by molar-refractivity contribution is 7.59. The molecule has 132 heavy (non-hydrogen) atoms. The number of aromatic nitrogens is 16. The average molecular weight is 1760 g/mol. The first-order valence-corrected chi connectivity index (χ1v) is 42.8. The number of H-pyrrole nitrogens is 5. The number of rotatable bonds is 14. The number of fused-ring (bicyclic) bond motifs is 6. The van der Waals surface area contributed by atoms with Crippen molar-refractivity contribution in [1.29, 1.82) is 0 Å². The third kappa shape index (κ3) is 19.1. The Labute approximate surface area is 765 Å². The highest BCUT2D eigenvalue weighted by Crippen LogP contribution is 2.40. The van der Waals surface area contributed by atoms with Gasteiger partial charge in [-0.1, -0.05) is 114 Å². The molecule has 11 heterocycles. The number of aryl methyl sites for hydroxylation is 7. The van der Waals surface area contributed by atoms with Crippen LogP contribution in [0.5, 0.6) is 0 Å². The number of nitrogens with two attached hydrogens (primary N) is 1. The maximum atomic E-state index is 13.8. The van der Waals surface area contributed by atoms with E-state index in [-0.39, 0.29) is 43.6 Å². The highest BCUT2D eigenvalue weighted by Gasteiger charge is 2.21. The van der Waals surface area contributed by atoms with Crippen molar-refractivity contribution in [2.75, 3.05) is 6.61 Å². The van der Waals surface area contributed by atoms with Crippen molar-refractivity contribution in [1.82, 2.24) is 80.0 Å². The molecular weight excluding hydrogens is 1670 g/mol. The first-order valence-electron chi connectivity index (χ1n) is 42.8. The van der Waals surface area contributed by atoms with Gasteiger partial charge in [-0.25, -0.2) is 27.9 Å². The van der Waals surface area contributed by atoms with E-state index in [1.807, 2.05) is 152 Å². The number of nitrogens with one attached hydrogen (secondary N) is 5. The molecule has 0 bridgehead atoms. The van der Waals surface area contributed by atoms with Gasteiger partial charge < -0.3 is 25.4 Å². The standard InChI is InChI=1S/C31H26FN5O2.C20H16FN3.C20H17N3.C19H14FN3.C19H15N3.H2S/c1-19-13-21(8-10-27(19)32)30-26(6-4-12-34-30)20-9-11-29-23(14-20)17-36-37(29)31(38)39-18-24(33)15-22-16-35-28-7-3-2-5-25(22)28;1-12-8-14(5-6-18(12)21)20-17(4-3-7-22-20)15-9-13(2)19-16(10-15)11-23-24-19;1-13-5-3-6-15(9-13)20-18(7-4-8-21-20)16-10-14(2)19-17(11-16)12-22-23-19;1-12-9-14(4-6-16(12)20)19-15(3-2-8-21-19)13-5-7-17-18(10-13)23-11-22-17;1-13-4-2-5-15(10-13)19-16(6-3-9-20-19)14-7-8-17-18(11-14)22-12-21-17;/h2-14,16-17,24,35H,15,18,33H2,1H3;3-11H,1-2H3,(H,23,24);3-12H,1-2H3,(H,22,23);2-11H,1H3,(H,22,23);2-12H,1H3,(H,21,22);1H2/t24-;;;;;/m0...../s1. The Kier molecular flexibility index (Phi) is 26.0. The summed E-state index contributed by atoms with van der Waals surface area (Å²) in [4.78, 5) is 53.8. The van der Waals surface area contributed by atoms with Crippen molar-refractivity contribution in [2.45, 2.75) is 60.9 Å². The Morgan fingerprint density at radius 1 is 0.371 bits per heavy atom. The lowest BCUT2D eigenvalue weighted by molar-refractivity contribution is 0.138. The molecule has 0 amide bonds. The number of para-hydroxylation sites is 1. The van der Waals surface area contributed by atoms with Crippen LogP contribution >= 0.6 is 13.5 Å². The minimum absolute atomic E-state index is 0. The molecule has 0 fully saturated rings. The SMILES string of the molecule is Cc1cc(-c2ncccc2-c2cc(C)c3[nH]ncc3c2)ccc1F.Cc1cc(-c2ncccc2-c2ccc3c(cnn3C(=O)OC[C@@H](N)Cc3c[nH]c4ccccc34)c2)ccc1F.Cc1cc(-c2ncccc2-c2ccc3nc[nH]c3c2)ccc1F.Cc1cccc(-c2ncccc2-c2cc(C)c3[nH]ncc3c2)c1.Cc1cccc(-c2ncccc2-c2ccc3nc[nH]c3c2)c1.S. The number of hydrogen-bond donors (Lipinski definition) is 6. The largest absolute Gasteiger partial charge is 0.446 e. The Balaban J connectivity index is 0.000000117. The molecule has 1 atom stereocenters. The number of imidazole rings is 2. The van der Waals surface area contributed by atoms with Crippen molar-refractivity contribution in [3.8, 4) is 112 Å². The molecule has 23 heteroatoms. The minimum Gasteiger partial charge on any atom is -0.446 e. The van der Waals surface area contributed by atoms with E-state index < -0.39 is 6.09 Å². The zero-order valence-corrected chi connectivity index (χ0v) is 74.2. The van der Waals surface area contributed by atoms with Gasteiger partial charge in [-0.05, 0) is 280 Å². The number of pyridine rings is 5. The average Bonchev–Trinajstić information content (AvgIpc) is 1.36. The molecule has 22 rings (SSSR count). The molecule has 650 valence electrons. The van der Waals surface area contributed by atoms with Gasteiger partial charge in [0.1, 0.15) is 24.1 Å². The number of benzene rings is 11. The topological polar surface area (TPSA) is 265 Å². The fraction of sp³-hybridized carbons (Fsp3) is 0.0917. The quantitative estimate of drug-likeness (QED) is 0.0592. The van der Waals surface area contributed by atoms with Gasteiger partial charge in [-0.2, -0.15) is 33.5 Å². The first-order chi connectivity index (χ1) is 63.9. The van der Waals surface area contributed by atoms with Crippen LogP contribution in [0.2, 0.25) is 0 Å². The number of ether oxygens (including phenoxy) is 1. The van der Waals surface area contributed by atoms with E-state index in [2.05, 4.69) is 206 Å². The Hall–Kier alpha value is -16.4. The Bertz CT molecular complexity index is 7960. The lowest BCUT2D eigenvalue weighted by Crippen LogP contribution is -2.31. The molecule has 0 aliphatic carbocycles. The molecule has 11 aromatic carbocycles. The molecule has 0 spiro atoms. The molecular formula is C109H90F3N17O2S. The van der Waals surface area contributed by atoms with Crippen LogP contribution in [0.1, 0.15) is 44.5 Å². The molecule has 7 N–H and O–H groups in total. The van der Waals surface area contributed by atoms with E-state index in [0.717, 1.165) is 178 Å². The number of nitrogens with zero attached hydrogens (tertiary/aromatic N) is 11. The minimum atomic E-state index is -0.587. The van der Waals surface area contributed by atoms with E-state index in [4.69, 9.17) is 10.5 Å². The highest BCUT2D eigenvalue weighted by atomic mass is 32.1. The van der Waals surface area contributed by atoms with Crippen LogP contribution in [0.3, 0.4) is 0 Å². The summed E-state index contributed by atoms with van der Waals surface area (Å²) in [5.74, 6) is -0.659.